The van der Waals surface area contributed by atoms with Gasteiger partial charge in [0.25, 0.3) is 0 Å². The molecule has 1 aliphatic rings. The molecule has 0 aliphatic heterocycles. The van der Waals surface area contributed by atoms with Gasteiger partial charge in [0.15, 0.2) is 11.6 Å². The minimum absolute atomic E-state index is 0.290. The SMILES string of the molecule is COCCCC1CCC(CCc2ccc3c(F)c(CCc4ccc(OC(F)(F)F)c(F)c4)ccc3c2)CC1. The molecule has 0 saturated heterocycles. The lowest BCUT2D eigenvalue weighted by molar-refractivity contribution is -0.275. The maximum atomic E-state index is 15.2. The van der Waals surface area contributed by atoms with Crippen LogP contribution in [0.15, 0.2) is 48.5 Å². The van der Waals surface area contributed by atoms with Crippen molar-refractivity contribution in [1.29, 1.82) is 0 Å². The van der Waals surface area contributed by atoms with Crippen LogP contribution in [0, 0.1) is 23.5 Å². The molecule has 4 rings (SSSR count). The monoisotopic (exact) mass is 534 g/mol. The normalized spacial score (nSPS) is 18.2. The van der Waals surface area contributed by atoms with E-state index in [1.54, 1.807) is 13.2 Å². The van der Waals surface area contributed by atoms with Crippen LogP contribution in [0.25, 0.3) is 10.8 Å². The van der Waals surface area contributed by atoms with E-state index in [1.807, 2.05) is 18.2 Å². The Bertz CT molecular complexity index is 1200. The Labute approximate surface area is 221 Å². The number of aryl methyl sites for hydroxylation is 3. The molecule has 0 spiro atoms. The van der Waals surface area contributed by atoms with Crippen molar-refractivity contribution in [1.82, 2.24) is 0 Å². The van der Waals surface area contributed by atoms with E-state index in [1.165, 1.54) is 43.7 Å². The Morgan fingerprint density at radius 2 is 1.47 bits per heavy atom. The van der Waals surface area contributed by atoms with Crippen LogP contribution in [-0.4, -0.2) is 20.1 Å². The predicted octanol–water partition coefficient (Wildman–Crippen LogP) is 8.97. The molecule has 1 saturated carbocycles. The Morgan fingerprint density at radius 3 is 2.16 bits per heavy atom. The third kappa shape index (κ3) is 7.92. The number of benzene rings is 3. The third-order valence-electron chi connectivity index (χ3n) is 7.77. The molecule has 0 bridgehead atoms. The van der Waals surface area contributed by atoms with Crippen molar-refractivity contribution in [3.8, 4) is 5.75 Å². The number of fused-ring (bicyclic) bond motifs is 1. The molecule has 0 unspecified atom stereocenters. The van der Waals surface area contributed by atoms with Crippen molar-refractivity contribution in [2.75, 3.05) is 13.7 Å². The highest BCUT2D eigenvalue weighted by atomic mass is 19.4. The summed E-state index contributed by atoms with van der Waals surface area (Å²) in [5, 5.41) is 1.40. The van der Waals surface area contributed by atoms with Crippen LogP contribution in [0.3, 0.4) is 0 Å². The Hall–Kier alpha value is -2.67. The maximum absolute atomic E-state index is 15.2. The quantitative estimate of drug-likeness (QED) is 0.181. The molecule has 1 aliphatic carbocycles. The van der Waals surface area contributed by atoms with Crippen LogP contribution in [0.2, 0.25) is 0 Å². The van der Waals surface area contributed by atoms with E-state index in [9.17, 15) is 17.6 Å². The van der Waals surface area contributed by atoms with Gasteiger partial charge in [-0.2, -0.15) is 0 Å². The Balaban J connectivity index is 1.31. The van der Waals surface area contributed by atoms with Gasteiger partial charge in [0.1, 0.15) is 5.82 Å². The summed E-state index contributed by atoms with van der Waals surface area (Å²) in [6.45, 7) is 0.849. The van der Waals surface area contributed by atoms with Crippen LogP contribution in [0.1, 0.15) is 61.6 Å². The minimum atomic E-state index is -4.96. The summed E-state index contributed by atoms with van der Waals surface area (Å²) in [5.41, 5.74) is 2.17. The number of rotatable bonds is 11. The fraction of sp³-hybridized carbons (Fsp3) is 0.484. The molecule has 0 heterocycles. The average molecular weight is 535 g/mol. The Kier molecular flexibility index (Phi) is 9.64. The summed E-state index contributed by atoms with van der Waals surface area (Å²) in [5.74, 6) is -0.692. The summed E-state index contributed by atoms with van der Waals surface area (Å²) in [6, 6.07) is 12.9. The van der Waals surface area contributed by atoms with Crippen molar-refractivity contribution in [3.63, 3.8) is 0 Å². The van der Waals surface area contributed by atoms with Crippen molar-refractivity contribution >= 4 is 10.8 Å². The summed E-state index contributed by atoms with van der Waals surface area (Å²) in [4.78, 5) is 0. The van der Waals surface area contributed by atoms with Gasteiger partial charge in [-0.3, -0.25) is 0 Å². The van der Waals surface area contributed by atoms with Crippen molar-refractivity contribution in [2.45, 2.75) is 70.6 Å². The van der Waals surface area contributed by atoms with Crippen LogP contribution in [-0.2, 0) is 24.0 Å². The van der Waals surface area contributed by atoms with E-state index in [2.05, 4.69) is 10.8 Å². The topological polar surface area (TPSA) is 18.5 Å². The van der Waals surface area contributed by atoms with Crippen LogP contribution in [0.5, 0.6) is 5.75 Å². The fourth-order valence-corrected chi connectivity index (χ4v) is 5.62. The highest BCUT2D eigenvalue weighted by Gasteiger charge is 2.32. The first-order valence-corrected chi connectivity index (χ1v) is 13.4. The van der Waals surface area contributed by atoms with Gasteiger partial charge in [-0.15, -0.1) is 13.2 Å². The van der Waals surface area contributed by atoms with Crippen LogP contribution in [0.4, 0.5) is 22.0 Å². The lowest BCUT2D eigenvalue weighted by Crippen LogP contribution is -2.18. The number of hydrogen-bond acceptors (Lipinski definition) is 2. The number of hydrogen-bond donors (Lipinski definition) is 0. The van der Waals surface area contributed by atoms with Gasteiger partial charge in [0.05, 0.1) is 0 Å². The van der Waals surface area contributed by atoms with Gasteiger partial charge < -0.3 is 9.47 Å². The van der Waals surface area contributed by atoms with E-state index in [0.29, 0.717) is 29.4 Å². The number of halogens is 5. The zero-order valence-corrected chi connectivity index (χ0v) is 21.8. The van der Waals surface area contributed by atoms with E-state index >= 15 is 4.39 Å². The molecule has 0 amide bonds. The molecule has 38 heavy (non-hydrogen) atoms. The van der Waals surface area contributed by atoms with Crippen molar-refractivity contribution in [2.24, 2.45) is 11.8 Å². The fourth-order valence-electron chi connectivity index (χ4n) is 5.62. The number of ether oxygens (including phenoxy) is 2. The molecule has 3 aromatic carbocycles. The second-order valence-electron chi connectivity index (χ2n) is 10.5. The highest BCUT2D eigenvalue weighted by Crippen LogP contribution is 2.34. The van der Waals surface area contributed by atoms with E-state index in [0.717, 1.165) is 55.2 Å². The van der Waals surface area contributed by atoms with Gasteiger partial charge in [-0.1, -0.05) is 62.1 Å². The summed E-state index contributed by atoms with van der Waals surface area (Å²) in [6.07, 6.45) is 5.35. The van der Waals surface area contributed by atoms with Crippen molar-refractivity contribution < 1.29 is 31.4 Å². The van der Waals surface area contributed by atoms with Gasteiger partial charge in [0.2, 0.25) is 0 Å². The molecule has 206 valence electrons. The average Bonchev–Trinajstić information content (AvgIpc) is 2.89. The first-order valence-electron chi connectivity index (χ1n) is 13.4. The predicted molar refractivity (Wildman–Crippen MR) is 139 cm³/mol. The number of alkyl halides is 3. The van der Waals surface area contributed by atoms with Gasteiger partial charge in [0, 0.05) is 19.1 Å². The first kappa shape index (κ1) is 28.3. The molecule has 0 atom stereocenters. The third-order valence-corrected chi connectivity index (χ3v) is 7.77. The van der Waals surface area contributed by atoms with Gasteiger partial charge in [-0.25, -0.2) is 8.78 Å². The van der Waals surface area contributed by atoms with Crippen LogP contribution < -0.4 is 4.74 Å². The lowest BCUT2D eigenvalue weighted by atomic mass is 9.78. The molecule has 1 fully saturated rings. The largest absolute Gasteiger partial charge is 0.573 e. The zero-order chi connectivity index (χ0) is 27.1. The van der Waals surface area contributed by atoms with Gasteiger partial charge in [-0.05, 0) is 84.6 Å². The highest BCUT2D eigenvalue weighted by molar-refractivity contribution is 5.84. The lowest BCUT2D eigenvalue weighted by Gasteiger charge is -2.28. The molecule has 3 aromatic rings. The molecular formula is C31H35F5O2. The first-order chi connectivity index (χ1) is 18.2. The molecule has 0 N–H and O–H groups in total. The second-order valence-corrected chi connectivity index (χ2v) is 10.5. The molecule has 7 heteroatoms. The zero-order valence-electron chi connectivity index (χ0n) is 21.8. The minimum Gasteiger partial charge on any atom is -0.403 e. The second kappa shape index (κ2) is 12.9. The van der Waals surface area contributed by atoms with Gasteiger partial charge >= 0.3 is 6.36 Å². The molecular weight excluding hydrogens is 499 g/mol. The molecule has 2 nitrogen and oxygen atoms in total. The molecule has 0 radical (unpaired) electrons. The maximum Gasteiger partial charge on any atom is 0.573 e. The van der Waals surface area contributed by atoms with Crippen LogP contribution >= 0.6 is 0 Å². The van der Waals surface area contributed by atoms with Crippen molar-refractivity contribution in [3.05, 3.63) is 76.9 Å². The smallest absolute Gasteiger partial charge is 0.403 e. The summed E-state index contributed by atoms with van der Waals surface area (Å²) < 4.78 is 75.1. The van der Waals surface area contributed by atoms with E-state index < -0.39 is 17.9 Å². The summed E-state index contributed by atoms with van der Waals surface area (Å²) >= 11 is 0. The standard InChI is InChI=1S/C31H35F5O2/c1-37-18-2-3-21-4-6-22(7-5-21)8-9-23-11-16-27-26(19-23)15-14-25(30(27)33)13-10-24-12-17-29(28(32)20-24)38-31(34,35)36/h11-12,14-17,19-22H,2-10,13,18H2,1H3. The van der Waals surface area contributed by atoms with E-state index in [4.69, 9.17) is 4.74 Å². The number of methoxy groups -OCH3 is 1. The van der Waals surface area contributed by atoms with E-state index in [-0.39, 0.29) is 5.82 Å². The Morgan fingerprint density at radius 1 is 0.789 bits per heavy atom. The molecule has 0 aromatic heterocycles. The summed E-state index contributed by atoms with van der Waals surface area (Å²) in [7, 11) is 1.76.